The second kappa shape index (κ2) is 4.80. The van der Waals surface area contributed by atoms with Gasteiger partial charge in [0.05, 0.1) is 20.3 Å². The lowest BCUT2D eigenvalue weighted by Gasteiger charge is -2.13. The Morgan fingerprint density at radius 3 is 2.00 bits per heavy atom. The van der Waals surface area contributed by atoms with E-state index in [9.17, 15) is 4.79 Å². The number of halogens is 3. The highest BCUT2D eigenvalue weighted by atomic mass is 35.6. The van der Waals surface area contributed by atoms with Gasteiger partial charge < -0.3 is 9.47 Å². The Kier molecular flexibility index (Phi) is 4.75. The van der Waals surface area contributed by atoms with Gasteiger partial charge in [0, 0.05) is 0 Å². The average Bonchev–Trinajstić information content (AvgIpc) is 1.97. The summed E-state index contributed by atoms with van der Waals surface area (Å²) in [4.78, 5) is 10.7. The molecule has 0 spiro atoms. The zero-order valence-corrected chi connectivity index (χ0v) is 8.70. The van der Waals surface area contributed by atoms with Crippen LogP contribution in [0.1, 0.15) is 0 Å². The molecule has 0 heterocycles. The molecule has 0 N–H and O–H groups in total. The first kappa shape index (κ1) is 11.9. The first-order chi connectivity index (χ1) is 5.41. The summed E-state index contributed by atoms with van der Waals surface area (Å²) >= 11 is 16.3. The Bertz CT molecular complexity index is 195. The first-order valence-electron chi connectivity index (χ1n) is 2.82. The van der Waals surface area contributed by atoms with Crippen molar-refractivity contribution in [2.75, 3.05) is 14.2 Å². The number of methoxy groups -OCH3 is 2. The lowest BCUT2D eigenvalue weighted by molar-refractivity contribution is -0.135. The fraction of sp³-hybridized carbons (Fsp3) is 0.500. The molecule has 0 saturated heterocycles. The van der Waals surface area contributed by atoms with E-state index < -0.39 is 9.76 Å². The molecule has 0 aliphatic rings. The van der Waals surface area contributed by atoms with E-state index in [-0.39, 0.29) is 5.76 Å². The number of carbonyl (C=O) groups excluding carboxylic acids is 1. The van der Waals surface area contributed by atoms with Gasteiger partial charge in [0.15, 0.2) is 5.76 Å². The summed E-state index contributed by atoms with van der Waals surface area (Å²) in [5.74, 6) is -0.725. The third-order valence-corrected chi connectivity index (χ3v) is 1.51. The Morgan fingerprint density at radius 2 is 1.75 bits per heavy atom. The van der Waals surface area contributed by atoms with Crippen LogP contribution in [0.25, 0.3) is 0 Å². The molecule has 0 rings (SSSR count). The fourth-order valence-electron chi connectivity index (χ4n) is 0.422. The topological polar surface area (TPSA) is 35.5 Å². The molecule has 0 aliphatic carbocycles. The van der Waals surface area contributed by atoms with Gasteiger partial charge in [-0.25, -0.2) is 4.79 Å². The molecule has 6 heteroatoms. The molecule has 0 fully saturated rings. The van der Waals surface area contributed by atoms with Crippen LogP contribution in [0, 0.1) is 0 Å². The van der Waals surface area contributed by atoms with Gasteiger partial charge in [-0.2, -0.15) is 0 Å². The molecule has 70 valence electrons. The van der Waals surface area contributed by atoms with Crippen molar-refractivity contribution in [1.82, 2.24) is 0 Å². The summed E-state index contributed by atoms with van der Waals surface area (Å²) < 4.78 is 7.21. The summed E-state index contributed by atoms with van der Waals surface area (Å²) in [6.07, 6.45) is 0.965. The number of allylic oxidation sites excluding steroid dienone is 1. The number of ether oxygens (including phenoxy) is 2. The number of hydrogen-bond acceptors (Lipinski definition) is 3. The molecule has 0 amide bonds. The molecule has 0 aromatic heterocycles. The molecule has 0 aromatic carbocycles. The second-order valence-corrected chi connectivity index (χ2v) is 4.01. The third-order valence-electron chi connectivity index (χ3n) is 0.949. The summed E-state index contributed by atoms with van der Waals surface area (Å²) in [5, 5.41) is 0. The van der Waals surface area contributed by atoms with Gasteiger partial charge in [0.2, 0.25) is 3.79 Å². The molecule has 0 aliphatic heterocycles. The van der Waals surface area contributed by atoms with Crippen molar-refractivity contribution in [1.29, 1.82) is 0 Å². The highest BCUT2D eigenvalue weighted by molar-refractivity contribution is 6.69. The highest BCUT2D eigenvalue weighted by Crippen LogP contribution is 2.34. The van der Waals surface area contributed by atoms with Crippen molar-refractivity contribution in [2.24, 2.45) is 0 Å². The third kappa shape index (κ3) is 4.04. The van der Waals surface area contributed by atoms with Crippen LogP contribution in [-0.4, -0.2) is 24.0 Å². The van der Waals surface area contributed by atoms with Gasteiger partial charge >= 0.3 is 5.97 Å². The van der Waals surface area contributed by atoms with Crippen LogP contribution < -0.4 is 0 Å². The van der Waals surface area contributed by atoms with Crippen LogP contribution in [0.5, 0.6) is 0 Å². The highest BCUT2D eigenvalue weighted by Gasteiger charge is 2.28. The van der Waals surface area contributed by atoms with E-state index >= 15 is 0 Å². The fourth-order valence-corrected chi connectivity index (χ4v) is 0.818. The Morgan fingerprint density at radius 1 is 1.25 bits per heavy atom. The van der Waals surface area contributed by atoms with Gasteiger partial charge in [-0.1, -0.05) is 34.8 Å². The molecule has 0 saturated carbocycles. The van der Waals surface area contributed by atoms with Gasteiger partial charge in [0.1, 0.15) is 0 Å². The Labute approximate surface area is 85.2 Å². The summed E-state index contributed by atoms with van der Waals surface area (Å²) in [7, 11) is 2.50. The van der Waals surface area contributed by atoms with Gasteiger partial charge in [-0.15, -0.1) is 0 Å². The molecule has 0 unspecified atom stereocenters. The number of esters is 1. The molecular weight excluding hydrogens is 226 g/mol. The van der Waals surface area contributed by atoms with Crippen molar-refractivity contribution in [2.45, 2.75) is 3.79 Å². The zero-order chi connectivity index (χ0) is 9.78. The summed E-state index contributed by atoms with van der Waals surface area (Å²) in [6.45, 7) is 0. The SMILES string of the molecule is COC(=O)C=C(OC)C(Cl)(Cl)Cl. The number of rotatable bonds is 2. The lowest BCUT2D eigenvalue weighted by atomic mass is 10.5. The van der Waals surface area contributed by atoms with Crippen LogP contribution in [0.2, 0.25) is 0 Å². The molecule has 12 heavy (non-hydrogen) atoms. The van der Waals surface area contributed by atoms with E-state index in [4.69, 9.17) is 34.8 Å². The predicted molar refractivity (Wildman–Crippen MR) is 47.4 cm³/mol. The molecule has 0 bridgehead atoms. The summed E-state index contributed by atoms with van der Waals surface area (Å²) in [5.41, 5.74) is 0. The van der Waals surface area contributed by atoms with Crippen molar-refractivity contribution in [3.05, 3.63) is 11.8 Å². The normalized spacial score (nSPS) is 12.6. The van der Waals surface area contributed by atoms with Crippen molar-refractivity contribution >= 4 is 40.8 Å². The minimum Gasteiger partial charge on any atom is -0.496 e. The Balaban J connectivity index is 4.55. The predicted octanol–water partition coefficient (Wildman–Crippen LogP) is 2.06. The molecule has 3 nitrogen and oxygen atoms in total. The van der Waals surface area contributed by atoms with Crippen LogP contribution in [-0.2, 0) is 14.3 Å². The van der Waals surface area contributed by atoms with Crippen LogP contribution >= 0.6 is 34.8 Å². The molecule has 0 radical (unpaired) electrons. The minimum absolute atomic E-state index is 0.0839. The smallest absolute Gasteiger partial charge is 0.334 e. The first-order valence-corrected chi connectivity index (χ1v) is 3.96. The Hall–Kier alpha value is -0.120. The lowest BCUT2D eigenvalue weighted by Crippen LogP contribution is -2.11. The number of hydrogen-bond donors (Lipinski definition) is 0. The van der Waals surface area contributed by atoms with E-state index in [1.54, 1.807) is 0 Å². The van der Waals surface area contributed by atoms with E-state index in [2.05, 4.69) is 9.47 Å². The zero-order valence-electron chi connectivity index (χ0n) is 6.44. The van der Waals surface area contributed by atoms with Crippen LogP contribution in [0.15, 0.2) is 11.8 Å². The molecule has 0 aromatic rings. The van der Waals surface area contributed by atoms with Gasteiger partial charge in [-0.05, 0) is 0 Å². The minimum atomic E-state index is -1.75. The maximum absolute atomic E-state index is 10.7. The number of alkyl halides is 3. The number of carbonyl (C=O) groups is 1. The maximum atomic E-state index is 10.7. The molecular formula is C6H7Cl3O3. The van der Waals surface area contributed by atoms with Crippen LogP contribution in [0.4, 0.5) is 0 Å². The van der Waals surface area contributed by atoms with Crippen molar-refractivity contribution < 1.29 is 14.3 Å². The van der Waals surface area contributed by atoms with E-state index in [1.165, 1.54) is 14.2 Å². The summed E-state index contributed by atoms with van der Waals surface area (Å²) in [6, 6.07) is 0. The van der Waals surface area contributed by atoms with E-state index in [1.807, 2.05) is 0 Å². The van der Waals surface area contributed by atoms with Crippen molar-refractivity contribution in [3.63, 3.8) is 0 Å². The maximum Gasteiger partial charge on any atom is 0.334 e. The quantitative estimate of drug-likeness (QED) is 0.317. The second-order valence-electron chi connectivity index (χ2n) is 1.73. The average molecular weight is 233 g/mol. The van der Waals surface area contributed by atoms with Crippen molar-refractivity contribution in [3.8, 4) is 0 Å². The monoisotopic (exact) mass is 232 g/mol. The molecule has 0 atom stereocenters. The largest absolute Gasteiger partial charge is 0.496 e. The van der Waals surface area contributed by atoms with Crippen LogP contribution in [0.3, 0.4) is 0 Å². The standard InChI is InChI=1S/C6H7Cl3O3/c1-11-4(6(7,8)9)3-5(10)12-2/h3H,1-2H3. The van der Waals surface area contributed by atoms with Gasteiger partial charge in [0.25, 0.3) is 0 Å². The van der Waals surface area contributed by atoms with Gasteiger partial charge in [-0.3, -0.25) is 0 Å². The van der Waals surface area contributed by atoms with E-state index in [0.29, 0.717) is 0 Å². The van der Waals surface area contributed by atoms with E-state index in [0.717, 1.165) is 6.08 Å².